The minimum atomic E-state index is -0.0414. The second kappa shape index (κ2) is 5.85. The van der Waals surface area contributed by atoms with E-state index in [1.807, 2.05) is 18.5 Å². The van der Waals surface area contributed by atoms with Crippen molar-refractivity contribution in [3.05, 3.63) is 58.4 Å². The van der Waals surface area contributed by atoms with Gasteiger partial charge >= 0.3 is 0 Å². The van der Waals surface area contributed by atoms with Crippen LogP contribution in [-0.4, -0.2) is 15.6 Å². The molecule has 1 heterocycles. The van der Waals surface area contributed by atoms with Crippen molar-refractivity contribution in [1.29, 1.82) is 0 Å². The topological polar surface area (TPSA) is 34.9 Å². The summed E-state index contributed by atoms with van der Waals surface area (Å²) in [5.41, 5.74) is 2.65. The normalized spacial score (nSPS) is 11.1. The van der Waals surface area contributed by atoms with Crippen molar-refractivity contribution in [2.45, 2.75) is 20.4 Å². The van der Waals surface area contributed by atoms with Crippen LogP contribution >= 0.6 is 11.6 Å². The molecule has 98 valence electrons. The zero-order chi connectivity index (χ0) is 13.8. The van der Waals surface area contributed by atoms with Crippen molar-refractivity contribution >= 4 is 23.5 Å². The molecule has 0 atom stereocenters. The van der Waals surface area contributed by atoms with Crippen LogP contribution in [0.2, 0.25) is 5.02 Å². The largest absolute Gasteiger partial charge is 0.289 e. The molecule has 0 bridgehead atoms. The van der Waals surface area contributed by atoms with Crippen molar-refractivity contribution in [2.24, 2.45) is 0 Å². The van der Waals surface area contributed by atoms with Gasteiger partial charge in [-0.3, -0.25) is 9.48 Å². The fourth-order valence-electron chi connectivity index (χ4n) is 1.82. The second-order valence-corrected chi connectivity index (χ2v) is 4.64. The summed E-state index contributed by atoms with van der Waals surface area (Å²) in [6.45, 7) is 4.85. The quantitative estimate of drug-likeness (QED) is 0.628. The first-order valence-electron chi connectivity index (χ1n) is 6.12. The molecular formula is C15H15ClN2O. The van der Waals surface area contributed by atoms with E-state index in [1.165, 1.54) is 0 Å². The Hall–Kier alpha value is -1.87. The lowest BCUT2D eigenvalue weighted by molar-refractivity contribution is 0.104. The maximum Gasteiger partial charge on any atom is 0.185 e. The second-order valence-electron chi connectivity index (χ2n) is 4.21. The molecule has 0 aliphatic rings. The summed E-state index contributed by atoms with van der Waals surface area (Å²) in [4.78, 5) is 12.0. The molecule has 0 saturated carbocycles. The number of hydrogen-bond acceptors (Lipinski definition) is 2. The van der Waals surface area contributed by atoms with Crippen molar-refractivity contribution in [3.8, 4) is 0 Å². The van der Waals surface area contributed by atoms with Crippen LogP contribution < -0.4 is 0 Å². The van der Waals surface area contributed by atoms with Gasteiger partial charge in [0.25, 0.3) is 0 Å². The van der Waals surface area contributed by atoms with E-state index in [1.54, 1.807) is 42.6 Å². The smallest absolute Gasteiger partial charge is 0.185 e. The van der Waals surface area contributed by atoms with Crippen LogP contribution in [0.15, 0.2) is 36.5 Å². The lowest BCUT2D eigenvalue weighted by Crippen LogP contribution is -1.98. The Morgan fingerprint density at radius 3 is 2.63 bits per heavy atom. The van der Waals surface area contributed by atoms with Gasteiger partial charge in [0.05, 0.1) is 6.20 Å². The summed E-state index contributed by atoms with van der Waals surface area (Å²) in [7, 11) is 0. The third-order valence-corrected chi connectivity index (χ3v) is 3.24. The van der Waals surface area contributed by atoms with Gasteiger partial charge in [-0.2, -0.15) is 5.10 Å². The molecule has 0 radical (unpaired) electrons. The van der Waals surface area contributed by atoms with Crippen LogP contribution in [0.5, 0.6) is 0 Å². The molecule has 1 aromatic heterocycles. The molecule has 2 aromatic rings. The summed E-state index contributed by atoms with van der Waals surface area (Å²) in [6, 6.07) is 6.86. The molecule has 1 aromatic carbocycles. The van der Waals surface area contributed by atoms with Gasteiger partial charge in [0.2, 0.25) is 0 Å². The Morgan fingerprint density at radius 2 is 2.05 bits per heavy atom. The maximum absolute atomic E-state index is 12.0. The number of rotatable bonds is 4. The summed E-state index contributed by atoms with van der Waals surface area (Å²) in [6.07, 6.45) is 5.13. The zero-order valence-corrected chi connectivity index (χ0v) is 11.7. The molecule has 4 heteroatoms. The van der Waals surface area contributed by atoms with Gasteiger partial charge in [0.15, 0.2) is 5.78 Å². The van der Waals surface area contributed by atoms with E-state index < -0.39 is 0 Å². The van der Waals surface area contributed by atoms with Crippen molar-refractivity contribution < 1.29 is 4.79 Å². The van der Waals surface area contributed by atoms with Gasteiger partial charge in [0.1, 0.15) is 0 Å². The fourth-order valence-corrected chi connectivity index (χ4v) is 1.95. The van der Waals surface area contributed by atoms with E-state index in [0.29, 0.717) is 10.6 Å². The molecule has 0 unspecified atom stereocenters. The highest BCUT2D eigenvalue weighted by Gasteiger charge is 2.04. The predicted octanol–water partition coefficient (Wildman–Crippen LogP) is 3.76. The fraction of sp³-hybridized carbons (Fsp3) is 0.200. The third-order valence-electron chi connectivity index (χ3n) is 2.98. The van der Waals surface area contributed by atoms with Crippen molar-refractivity contribution in [1.82, 2.24) is 9.78 Å². The lowest BCUT2D eigenvalue weighted by Gasteiger charge is -1.98. The summed E-state index contributed by atoms with van der Waals surface area (Å²) >= 11 is 5.79. The number of aromatic nitrogens is 2. The number of hydrogen-bond donors (Lipinski definition) is 0. The van der Waals surface area contributed by atoms with Gasteiger partial charge < -0.3 is 0 Å². The number of ketones is 1. The Balaban J connectivity index is 2.16. The first-order chi connectivity index (χ1) is 9.11. The number of carbonyl (C=O) groups is 1. The third kappa shape index (κ3) is 3.12. The zero-order valence-electron chi connectivity index (χ0n) is 10.9. The molecule has 0 N–H and O–H groups in total. The highest BCUT2D eigenvalue weighted by Crippen LogP contribution is 2.12. The van der Waals surface area contributed by atoms with E-state index >= 15 is 0 Å². The van der Waals surface area contributed by atoms with Crippen LogP contribution in [0, 0.1) is 6.92 Å². The SMILES string of the molecule is CCn1ncc(C=CC(=O)c2ccc(Cl)cc2)c1C. The summed E-state index contributed by atoms with van der Waals surface area (Å²) in [5.74, 6) is -0.0414. The predicted molar refractivity (Wildman–Crippen MR) is 77.5 cm³/mol. The first-order valence-corrected chi connectivity index (χ1v) is 6.50. The van der Waals surface area contributed by atoms with Gasteiger partial charge in [-0.25, -0.2) is 0 Å². The van der Waals surface area contributed by atoms with E-state index in [0.717, 1.165) is 17.8 Å². The van der Waals surface area contributed by atoms with E-state index in [4.69, 9.17) is 11.6 Å². The lowest BCUT2D eigenvalue weighted by atomic mass is 10.1. The van der Waals surface area contributed by atoms with Crippen LogP contribution in [0.1, 0.15) is 28.5 Å². The molecule has 0 aliphatic carbocycles. The number of halogens is 1. The average molecular weight is 275 g/mol. The molecular weight excluding hydrogens is 260 g/mol. The minimum absolute atomic E-state index is 0.0414. The monoisotopic (exact) mass is 274 g/mol. The van der Waals surface area contributed by atoms with Gasteiger partial charge in [-0.15, -0.1) is 0 Å². The van der Waals surface area contributed by atoms with E-state index in [9.17, 15) is 4.79 Å². The summed E-state index contributed by atoms with van der Waals surface area (Å²) in [5, 5.41) is 4.86. The molecule has 0 fully saturated rings. The molecule has 19 heavy (non-hydrogen) atoms. The molecule has 0 amide bonds. The van der Waals surface area contributed by atoms with Crippen molar-refractivity contribution in [2.75, 3.05) is 0 Å². The number of benzene rings is 1. The summed E-state index contributed by atoms with van der Waals surface area (Å²) < 4.78 is 1.90. The molecule has 2 rings (SSSR count). The van der Waals surface area contributed by atoms with Gasteiger partial charge in [-0.05, 0) is 50.3 Å². The number of carbonyl (C=O) groups excluding carboxylic acids is 1. The Morgan fingerprint density at radius 1 is 1.37 bits per heavy atom. The van der Waals surface area contributed by atoms with E-state index in [-0.39, 0.29) is 5.78 Å². The first kappa shape index (κ1) is 13.6. The molecule has 0 saturated heterocycles. The molecule has 3 nitrogen and oxygen atoms in total. The molecule has 0 aliphatic heterocycles. The van der Waals surface area contributed by atoms with Crippen molar-refractivity contribution in [3.63, 3.8) is 0 Å². The molecule has 0 spiro atoms. The number of nitrogens with zero attached hydrogens (tertiary/aromatic N) is 2. The maximum atomic E-state index is 12.0. The van der Waals surface area contributed by atoms with Crippen LogP contribution in [0.4, 0.5) is 0 Å². The minimum Gasteiger partial charge on any atom is -0.289 e. The number of allylic oxidation sites excluding steroid dienone is 1. The van der Waals surface area contributed by atoms with E-state index in [2.05, 4.69) is 5.10 Å². The highest BCUT2D eigenvalue weighted by molar-refractivity contribution is 6.30. The Kier molecular flexibility index (Phi) is 4.17. The van der Waals surface area contributed by atoms with Crippen LogP contribution in [0.3, 0.4) is 0 Å². The van der Waals surface area contributed by atoms with Gasteiger partial charge in [-0.1, -0.05) is 11.6 Å². The van der Waals surface area contributed by atoms with Crippen LogP contribution in [0.25, 0.3) is 6.08 Å². The number of aryl methyl sites for hydroxylation is 1. The average Bonchev–Trinajstić information content (AvgIpc) is 2.77. The Labute approximate surface area is 117 Å². The highest BCUT2D eigenvalue weighted by atomic mass is 35.5. The van der Waals surface area contributed by atoms with Crippen LogP contribution in [-0.2, 0) is 6.54 Å². The van der Waals surface area contributed by atoms with Gasteiger partial charge in [0, 0.05) is 28.4 Å². The Bertz CT molecular complexity index is 612. The standard InChI is InChI=1S/C15H15ClN2O/c1-3-18-11(2)13(10-17-18)6-9-15(19)12-4-7-14(16)8-5-12/h4-10H,3H2,1-2H3.